The van der Waals surface area contributed by atoms with Crippen LogP contribution in [0.4, 0.5) is 4.39 Å². The molecule has 1 aromatic carbocycles. The Bertz CT molecular complexity index is 516. The molecule has 0 spiro atoms. The SMILES string of the molecule is Cc1ccc(F)c(Oc2ccnc(Cl)c2)c1. The lowest BCUT2D eigenvalue weighted by Gasteiger charge is -2.07. The van der Waals surface area contributed by atoms with Crippen molar-refractivity contribution in [2.75, 3.05) is 0 Å². The Morgan fingerprint density at radius 1 is 1.25 bits per heavy atom. The molecule has 2 nitrogen and oxygen atoms in total. The van der Waals surface area contributed by atoms with E-state index in [0.29, 0.717) is 10.9 Å². The lowest BCUT2D eigenvalue weighted by Crippen LogP contribution is -1.89. The molecule has 16 heavy (non-hydrogen) atoms. The number of benzene rings is 1. The van der Waals surface area contributed by atoms with Gasteiger partial charge in [-0.05, 0) is 30.7 Å². The maximum absolute atomic E-state index is 13.4. The van der Waals surface area contributed by atoms with Crippen molar-refractivity contribution in [2.24, 2.45) is 0 Å². The van der Waals surface area contributed by atoms with Crippen LogP contribution in [-0.2, 0) is 0 Å². The highest BCUT2D eigenvalue weighted by atomic mass is 35.5. The zero-order valence-corrected chi connectivity index (χ0v) is 9.33. The summed E-state index contributed by atoms with van der Waals surface area (Å²) in [5.41, 5.74) is 0.927. The molecular formula is C12H9ClFNO. The van der Waals surface area contributed by atoms with Crippen LogP contribution in [0.2, 0.25) is 5.15 Å². The molecule has 2 rings (SSSR count). The van der Waals surface area contributed by atoms with Crippen LogP contribution in [0.5, 0.6) is 11.5 Å². The van der Waals surface area contributed by atoms with Gasteiger partial charge in [0.1, 0.15) is 10.9 Å². The number of halogens is 2. The van der Waals surface area contributed by atoms with Crippen molar-refractivity contribution in [3.63, 3.8) is 0 Å². The van der Waals surface area contributed by atoms with E-state index >= 15 is 0 Å². The van der Waals surface area contributed by atoms with Gasteiger partial charge in [0.2, 0.25) is 0 Å². The summed E-state index contributed by atoms with van der Waals surface area (Å²) in [5.74, 6) is 0.241. The van der Waals surface area contributed by atoms with E-state index in [1.165, 1.54) is 18.3 Å². The van der Waals surface area contributed by atoms with Gasteiger partial charge < -0.3 is 4.74 Å². The molecular weight excluding hydrogens is 229 g/mol. The van der Waals surface area contributed by atoms with Crippen molar-refractivity contribution in [1.29, 1.82) is 0 Å². The fourth-order valence-electron chi connectivity index (χ4n) is 1.26. The number of aryl methyl sites for hydroxylation is 1. The summed E-state index contributed by atoms with van der Waals surface area (Å²) in [6, 6.07) is 7.83. The van der Waals surface area contributed by atoms with E-state index < -0.39 is 5.82 Å². The Kier molecular flexibility index (Phi) is 3.06. The fourth-order valence-corrected chi connectivity index (χ4v) is 1.43. The van der Waals surface area contributed by atoms with Crippen molar-refractivity contribution in [3.8, 4) is 11.5 Å². The quantitative estimate of drug-likeness (QED) is 0.738. The Morgan fingerprint density at radius 2 is 2.06 bits per heavy atom. The van der Waals surface area contributed by atoms with Gasteiger partial charge in [0.15, 0.2) is 11.6 Å². The summed E-state index contributed by atoms with van der Waals surface area (Å²) in [6.45, 7) is 1.87. The number of hydrogen-bond donors (Lipinski definition) is 0. The number of hydrogen-bond acceptors (Lipinski definition) is 2. The summed E-state index contributed by atoms with van der Waals surface area (Å²) in [5, 5.41) is 0.311. The lowest BCUT2D eigenvalue weighted by molar-refractivity contribution is 0.441. The first-order valence-electron chi connectivity index (χ1n) is 4.71. The van der Waals surface area contributed by atoms with Crippen LogP contribution in [0.25, 0.3) is 0 Å². The molecule has 0 aliphatic carbocycles. The molecule has 0 saturated carbocycles. The molecule has 4 heteroatoms. The minimum atomic E-state index is -0.404. The average Bonchev–Trinajstić information content (AvgIpc) is 2.24. The number of pyridine rings is 1. The molecule has 0 bridgehead atoms. The van der Waals surface area contributed by atoms with Gasteiger partial charge in [-0.3, -0.25) is 0 Å². The Morgan fingerprint density at radius 3 is 2.81 bits per heavy atom. The Hall–Kier alpha value is -1.61. The van der Waals surface area contributed by atoms with Gasteiger partial charge in [-0.1, -0.05) is 17.7 Å². The highest BCUT2D eigenvalue weighted by molar-refractivity contribution is 6.29. The fraction of sp³-hybridized carbons (Fsp3) is 0.0833. The molecule has 0 radical (unpaired) electrons. The van der Waals surface area contributed by atoms with Gasteiger partial charge in [0.05, 0.1) is 0 Å². The molecule has 0 atom stereocenters. The second kappa shape index (κ2) is 4.49. The topological polar surface area (TPSA) is 22.1 Å². The third kappa shape index (κ3) is 2.49. The number of nitrogens with zero attached hydrogens (tertiary/aromatic N) is 1. The van der Waals surface area contributed by atoms with Gasteiger partial charge in [0.25, 0.3) is 0 Å². The van der Waals surface area contributed by atoms with Gasteiger partial charge in [0, 0.05) is 12.3 Å². The summed E-state index contributed by atoms with van der Waals surface area (Å²) in [7, 11) is 0. The maximum atomic E-state index is 13.4. The smallest absolute Gasteiger partial charge is 0.165 e. The van der Waals surface area contributed by atoms with Gasteiger partial charge in [-0.2, -0.15) is 0 Å². The molecule has 0 saturated heterocycles. The minimum absolute atomic E-state index is 0.183. The van der Waals surface area contributed by atoms with Crippen LogP contribution in [-0.4, -0.2) is 4.98 Å². The molecule has 0 amide bonds. The van der Waals surface area contributed by atoms with Crippen LogP contribution in [0.3, 0.4) is 0 Å². The largest absolute Gasteiger partial charge is 0.454 e. The van der Waals surface area contributed by atoms with Crippen molar-refractivity contribution in [1.82, 2.24) is 4.98 Å². The molecule has 2 aromatic rings. The zero-order valence-electron chi connectivity index (χ0n) is 8.58. The standard InChI is InChI=1S/C12H9ClFNO/c1-8-2-3-10(14)11(6-8)16-9-4-5-15-12(13)7-9/h2-7H,1H3. The van der Waals surface area contributed by atoms with E-state index in [1.54, 1.807) is 18.2 Å². The highest BCUT2D eigenvalue weighted by Gasteiger charge is 2.05. The molecule has 0 aliphatic rings. The number of rotatable bonds is 2. The minimum Gasteiger partial charge on any atom is -0.454 e. The summed E-state index contributed by atoms with van der Waals surface area (Å²) in [6.07, 6.45) is 1.51. The van der Waals surface area contributed by atoms with E-state index in [2.05, 4.69) is 4.98 Å². The molecule has 0 fully saturated rings. The van der Waals surface area contributed by atoms with E-state index in [4.69, 9.17) is 16.3 Å². The van der Waals surface area contributed by atoms with Crippen molar-refractivity contribution >= 4 is 11.6 Å². The first kappa shape index (κ1) is 10.9. The molecule has 1 heterocycles. The molecule has 82 valence electrons. The van der Waals surface area contributed by atoms with Crippen LogP contribution >= 0.6 is 11.6 Å². The van der Waals surface area contributed by atoms with Crippen LogP contribution < -0.4 is 4.74 Å². The van der Waals surface area contributed by atoms with Crippen molar-refractivity contribution < 1.29 is 9.13 Å². The van der Waals surface area contributed by atoms with E-state index in [9.17, 15) is 4.39 Å². The molecule has 0 aliphatic heterocycles. The Balaban J connectivity index is 2.30. The van der Waals surface area contributed by atoms with Crippen molar-refractivity contribution in [3.05, 3.63) is 53.1 Å². The average molecular weight is 238 g/mol. The van der Waals surface area contributed by atoms with Gasteiger partial charge in [-0.25, -0.2) is 9.37 Å². The van der Waals surface area contributed by atoms with E-state index in [1.807, 2.05) is 6.92 Å². The third-order valence-electron chi connectivity index (χ3n) is 2.01. The number of ether oxygens (including phenoxy) is 1. The van der Waals surface area contributed by atoms with Crippen molar-refractivity contribution in [2.45, 2.75) is 6.92 Å². The highest BCUT2D eigenvalue weighted by Crippen LogP contribution is 2.26. The molecule has 0 N–H and O–H groups in total. The summed E-state index contributed by atoms with van der Waals surface area (Å²) >= 11 is 5.70. The first-order valence-corrected chi connectivity index (χ1v) is 5.08. The van der Waals surface area contributed by atoms with Crippen LogP contribution in [0.1, 0.15) is 5.56 Å². The van der Waals surface area contributed by atoms with Gasteiger partial charge in [-0.15, -0.1) is 0 Å². The summed E-state index contributed by atoms with van der Waals surface area (Å²) < 4.78 is 18.8. The molecule has 0 unspecified atom stereocenters. The van der Waals surface area contributed by atoms with Crippen LogP contribution in [0.15, 0.2) is 36.5 Å². The second-order valence-corrected chi connectivity index (χ2v) is 3.74. The Labute approximate surface area is 97.7 Å². The molecule has 1 aromatic heterocycles. The lowest BCUT2D eigenvalue weighted by atomic mass is 10.2. The predicted molar refractivity (Wildman–Crippen MR) is 60.5 cm³/mol. The third-order valence-corrected chi connectivity index (χ3v) is 2.22. The van der Waals surface area contributed by atoms with E-state index in [-0.39, 0.29) is 5.75 Å². The number of aromatic nitrogens is 1. The van der Waals surface area contributed by atoms with E-state index in [0.717, 1.165) is 5.56 Å². The maximum Gasteiger partial charge on any atom is 0.165 e. The second-order valence-electron chi connectivity index (χ2n) is 3.35. The zero-order chi connectivity index (χ0) is 11.5. The van der Waals surface area contributed by atoms with Gasteiger partial charge >= 0.3 is 0 Å². The monoisotopic (exact) mass is 237 g/mol. The summed E-state index contributed by atoms with van der Waals surface area (Å²) in [4.78, 5) is 3.81. The first-order chi connectivity index (χ1) is 7.65. The van der Waals surface area contributed by atoms with Crippen LogP contribution in [0, 0.1) is 12.7 Å². The normalized spacial score (nSPS) is 10.2. The predicted octanol–water partition coefficient (Wildman–Crippen LogP) is 3.97.